The van der Waals surface area contributed by atoms with Crippen molar-refractivity contribution in [2.24, 2.45) is 10.8 Å². The van der Waals surface area contributed by atoms with Crippen molar-refractivity contribution >= 4 is 17.7 Å². The van der Waals surface area contributed by atoms with Crippen molar-refractivity contribution < 1.29 is 23.9 Å². The molecule has 0 unspecified atom stereocenters. The minimum absolute atomic E-state index is 0.0889. The van der Waals surface area contributed by atoms with Crippen LogP contribution in [0.1, 0.15) is 23.5 Å². The summed E-state index contributed by atoms with van der Waals surface area (Å²) in [7, 11) is 8.23. The number of hydrogen-bond acceptors (Lipinski definition) is 10. The van der Waals surface area contributed by atoms with E-state index < -0.39 is 40.6 Å². The molecule has 0 radical (unpaired) electrons. The first-order valence-electron chi connectivity index (χ1n) is 11.9. The fraction of sp³-hybridized carbons (Fsp3) is 0.500. The standard InChI is InChI=1S/C26H33N5O5/c1-29(2)14-15-31-16-25(23(33)35-4)20(18-10-6-8-12-27-18)30(3)21(19-11-7-9-13-28-19)26(17-31,22(25)32)24(34)36-5/h6-13,20-21H,14-17H2,1-5H3/t20-,21+,25-,26+. The van der Waals surface area contributed by atoms with Crippen LogP contribution in [0.5, 0.6) is 0 Å². The van der Waals surface area contributed by atoms with E-state index in [1.54, 1.807) is 43.7 Å². The van der Waals surface area contributed by atoms with Crippen molar-refractivity contribution in [2.75, 3.05) is 61.5 Å². The number of esters is 2. The maximum Gasteiger partial charge on any atom is 0.322 e. The summed E-state index contributed by atoms with van der Waals surface area (Å²) in [5.41, 5.74) is -2.34. The number of likely N-dealkylation sites (tertiary alicyclic amines) is 2. The molecule has 2 aliphatic heterocycles. The molecule has 2 fully saturated rings. The Morgan fingerprint density at radius 1 is 0.944 bits per heavy atom. The molecule has 10 nitrogen and oxygen atoms in total. The molecule has 0 saturated carbocycles. The van der Waals surface area contributed by atoms with Gasteiger partial charge in [-0.3, -0.25) is 34.2 Å². The van der Waals surface area contributed by atoms with Crippen molar-refractivity contribution in [2.45, 2.75) is 12.1 Å². The lowest BCUT2D eigenvalue weighted by atomic mass is 9.54. The van der Waals surface area contributed by atoms with E-state index in [1.165, 1.54) is 14.2 Å². The van der Waals surface area contributed by atoms with E-state index in [9.17, 15) is 14.4 Å². The van der Waals surface area contributed by atoms with Gasteiger partial charge in [0.25, 0.3) is 0 Å². The molecular formula is C26H33N5O5. The minimum atomic E-state index is -1.71. The molecule has 0 aromatic carbocycles. The van der Waals surface area contributed by atoms with E-state index in [0.717, 1.165) is 0 Å². The van der Waals surface area contributed by atoms with Crippen molar-refractivity contribution in [3.8, 4) is 0 Å². The smallest absolute Gasteiger partial charge is 0.322 e. The number of fused-ring (bicyclic) bond motifs is 2. The van der Waals surface area contributed by atoms with Gasteiger partial charge >= 0.3 is 11.9 Å². The van der Waals surface area contributed by atoms with Crippen molar-refractivity contribution in [3.05, 3.63) is 60.2 Å². The first-order chi connectivity index (χ1) is 17.2. The number of carbonyl (C=O) groups is 3. The third-order valence-electron chi connectivity index (χ3n) is 7.40. The van der Waals surface area contributed by atoms with Gasteiger partial charge in [0.15, 0.2) is 16.6 Å². The second-order valence-electron chi connectivity index (χ2n) is 9.75. The zero-order valence-electron chi connectivity index (χ0n) is 21.4. The van der Waals surface area contributed by atoms with Crippen LogP contribution in [0.2, 0.25) is 0 Å². The maximum atomic E-state index is 14.7. The third-order valence-corrected chi connectivity index (χ3v) is 7.40. The van der Waals surface area contributed by atoms with Gasteiger partial charge in [-0.05, 0) is 45.4 Å². The molecule has 0 aliphatic carbocycles. The van der Waals surface area contributed by atoms with Crippen molar-refractivity contribution in [3.63, 3.8) is 0 Å². The quantitative estimate of drug-likeness (QED) is 0.408. The fourth-order valence-corrected chi connectivity index (χ4v) is 5.97. The monoisotopic (exact) mass is 495 g/mol. The molecule has 10 heteroatoms. The highest BCUT2D eigenvalue weighted by atomic mass is 16.5. The predicted molar refractivity (Wildman–Crippen MR) is 131 cm³/mol. The number of nitrogens with zero attached hydrogens (tertiary/aromatic N) is 5. The van der Waals surface area contributed by atoms with Gasteiger partial charge in [-0.2, -0.15) is 0 Å². The molecule has 0 spiro atoms. The molecule has 2 bridgehead atoms. The van der Waals surface area contributed by atoms with Gasteiger partial charge in [0.05, 0.1) is 37.7 Å². The van der Waals surface area contributed by atoms with E-state index in [0.29, 0.717) is 24.5 Å². The van der Waals surface area contributed by atoms with Gasteiger partial charge in [0, 0.05) is 38.6 Å². The number of pyridine rings is 2. The van der Waals surface area contributed by atoms with E-state index in [1.807, 2.05) is 40.9 Å². The molecule has 4 atom stereocenters. The molecule has 4 rings (SSSR count). The van der Waals surface area contributed by atoms with Gasteiger partial charge in [-0.15, -0.1) is 0 Å². The van der Waals surface area contributed by atoms with Crippen LogP contribution in [0.25, 0.3) is 0 Å². The molecule has 192 valence electrons. The molecule has 4 heterocycles. The lowest BCUT2D eigenvalue weighted by Gasteiger charge is -2.60. The summed E-state index contributed by atoms with van der Waals surface area (Å²) in [6, 6.07) is 9.16. The van der Waals surface area contributed by atoms with E-state index in [4.69, 9.17) is 9.47 Å². The van der Waals surface area contributed by atoms with Crippen LogP contribution in [-0.2, 0) is 23.9 Å². The number of carbonyl (C=O) groups excluding carboxylic acids is 3. The summed E-state index contributed by atoms with van der Waals surface area (Å²) in [5, 5.41) is 0. The summed E-state index contributed by atoms with van der Waals surface area (Å²) in [6.45, 7) is 1.38. The summed E-state index contributed by atoms with van der Waals surface area (Å²) in [6.07, 6.45) is 3.26. The summed E-state index contributed by atoms with van der Waals surface area (Å²) >= 11 is 0. The molecule has 2 aliphatic rings. The lowest BCUT2D eigenvalue weighted by Crippen LogP contribution is -2.75. The SMILES string of the molecule is COC(=O)[C@]12CN(CCN(C)C)C[C@](C(=O)OC)(C1=O)[C@@H](c1ccccn1)N(C)[C@H]2c1ccccn1. The van der Waals surface area contributed by atoms with Gasteiger partial charge in [0.1, 0.15) is 0 Å². The van der Waals surface area contributed by atoms with E-state index in [-0.39, 0.29) is 13.1 Å². The van der Waals surface area contributed by atoms with Crippen LogP contribution >= 0.6 is 0 Å². The number of ketones is 1. The van der Waals surface area contributed by atoms with Gasteiger partial charge < -0.3 is 14.4 Å². The lowest BCUT2D eigenvalue weighted by molar-refractivity contribution is -0.204. The molecule has 2 saturated heterocycles. The van der Waals surface area contributed by atoms with Crippen LogP contribution in [0.3, 0.4) is 0 Å². The first-order valence-corrected chi connectivity index (χ1v) is 11.9. The second kappa shape index (κ2) is 10.0. The van der Waals surface area contributed by atoms with Gasteiger partial charge in [0.2, 0.25) is 0 Å². The Morgan fingerprint density at radius 3 is 1.78 bits per heavy atom. The summed E-state index contributed by atoms with van der Waals surface area (Å²) < 4.78 is 10.6. The highest BCUT2D eigenvalue weighted by molar-refractivity contribution is 6.17. The predicted octanol–water partition coefficient (Wildman–Crippen LogP) is 0.970. The number of methoxy groups -OCH3 is 2. The molecule has 2 aromatic heterocycles. The van der Waals surface area contributed by atoms with Gasteiger partial charge in [-0.1, -0.05) is 12.1 Å². The molecule has 0 amide bonds. The Labute approximate surface area is 211 Å². The topological polar surface area (TPSA) is 105 Å². The number of piperidine rings is 2. The van der Waals surface area contributed by atoms with E-state index >= 15 is 0 Å². The minimum Gasteiger partial charge on any atom is -0.468 e. The number of rotatable bonds is 7. The number of hydrogen-bond donors (Lipinski definition) is 0. The normalized spacial score (nSPS) is 28.7. The number of Topliss-reactive ketones (excluding diaryl/α,β-unsaturated/α-hetero) is 1. The molecule has 36 heavy (non-hydrogen) atoms. The molecular weight excluding hydrogens is 462 g/mol. The number of likely N-dealkylation sites (N-methyl/N-ethyl adjacent to an activating group) is 1. The van der Waals surface area contributed by atoms with Gasteiger partial charge in [-0.25, -0.2) is 0 Å². The molecule has 0 N–H and O–H groups in total. The maximum absolute atomic E-state index is 14.7. The average molecular weight is 496 g/mol. The number of aromatic nitrogens is 2. The zero-order valence-corrected chi connectivity index (χ0v) is 21.4. The second-order valence-corrected chi connectivity index (χ2v) is 9.75. The Kier molecular flexibility index (Phi) is 7.21. The van der Waals surface area contributed by atoms with Crippen LogP contribution in [0.4, 0.5) is 0 Å². The van der Waals surface area contributed by atoms with Crippen LogP contribution < -0.4 is 0 Å². The Balaban J connectivity index is 2.03. The summed E-state index contributed by atoms with van der Waals surface area (Å²) in [4.78, 5) is 57.1. The highest BCUT2D eigenvalue weighted by Crippen LogP contribution is 2.60. The van der Waals surface area contributed by atoms with Crippen molar-refractivity contribution in [1.29, 1.82) is 0 Å². The largest absolute Gasteiger partial charge is 0.468 e. The van der Waals surface area contributed by atoms with E-state index in [2.05, 4.69) is 9.97 Å². The summed E-state index contributed by atoms with van der Waals surface area (Å²) in [5.74, 6) is -1.91. The molecule has 2 aromatic rings. The number of ether oxygens (including phenoxy) is 2. The first kappa shape index (κ1) is 25.9. The Hall–Kier alpha value is -3.21. The van der Waals surface area contributed by atoms with Crippen LogP contribution in [-0.4, -0.2) is 104 Å². The third kappa shape index (κ3) is 3.89. The Morgan fingerprint density at radius 2 is 1.42 bits per heavy atom. The Bertz CT molecular complexity index is 1030. The zero-order chi connectivity index (χ0) is 26.1. The van der Waals surface area contributed by atoms with Crippen molar-refractivity contribution in [1.82, 2.24) is 24.7 Å². The average Bonchev–Trinajstić information content (AvgIpc) is 2.89. The highest BCUT2D eigenvalue weighted by Gasteiger charge is 2.75. The van der Waals surface area contributed by atoms with Crippen LogP contribution in [0, 0.1) is 10.8 Å². The van der Waals surface area contributed by atoms with Crippen LogP contribution in [0.15, 0.2) is 48.8 Å². The fourth-order valence-electron chi connectivity index (χ4n) is 5.97.